The quantitative estimate of drug-likeness (QED) is 0.786. The van der Waals surface area contributed by atoms with Crippen molar-refractivity contribution in [3.63, 3.8) is 0 Å². The summed E-state index contributed by atoms with van der Waals surface area (Å²) in [5, 5.41) is 3.49. The molecule has 0 aliphatic heterocycles. The minimum Gasteiger partial charge on any atom is -0.346 e. The van der Waals surface area contributed by atoms with Gasteiger partial charge in [-0.2, -0.15) is 0 Å². The predicted molar refractivity (Wildman–Crippen MR) is 90.5 cm³/mol. The second-order valence-electron chi connectivity index (χ2n) is 4.82. The summed E-state index contributed by atoms with van der Waals surface area (Å²) in [4.78, 5) is 26.0. The Morgan fingerprint density at radius 2 is 2.00 bits per heavy atom. The fraction of sp³-hybridized carbons (Fsp3) is 0.125. The maximum atomic E-state index is 12.3. The summed E-state index contributed by atoms with van der Waals surface area (Å²) in [6.45, 7) is 2.36. The minimum atomic E-state index is -0.240. The molecule has 1 aromatic carbocycles. The summed E-state index contributed by atoms with van der Waals surface area (Å²) in [7, 11) is 0. The van der Waals surface area contributed by atoms with Gasteiger partial charge in [-0.05, 0) is 37.3 Å². The monoisotopic (exact) mass is 344 g/mol. The van der Waals surface area contributed by atoms with E-state index in [1.807, 2.05) is 19.1 Å². The van der Waals surface area contributed by atoms with E-state index in [1.54, 1.807) is 29.9 Å². The number of aryl methyl sites for hydroxylation is 1. The van der Waals surface area contributed by atoms with Gasteiger partial charge in [0.25, 0.3) is 5.91 Å². The molecule has 0 unspecified atom stereocenters. The van der Waals surface area contributed by atoms with Crippen molar-refractivity contribution in [2.45, 2.75) is 13.5 Å². The number of hydrogen-bond acceptors (Lipinski definition) is 5. The fourth-order valence-electron chi connectivity index (χ4n) is 1.97. The van der Waals surface area contributed by atoms with Crippen LogP contribution in [0.3, 0.4) is 0 Å². The van der Waals surface area contributed by atoms with Gasteiger partial charge in [-0.15, -0.1) is 11.3 Å². The third-order valence-electron chi connectivity index (χ3n) is 3.24. The molecule has 23 heavy (non-hydrogen) atoms. The van der Waals surface area contributed by atoms with E-state index in [9.17, 15) is 4.79 Å². The van der Waals surface area contributed by atoms with E-state index >= 15 is 0 Å². The molecular formula is C16H13ClN4OS. The molecule has 1 amide bonds. The molecule has 3 rings (SSSR count). The van der Waals surface area contributed by atoms with E-state index in [4.69, 9.17) is 11.6 Å². The van der Waals surface area contributed by atoms with E-state index in [1.165, 1.54) is 11.3 Å². The first-order chi connectivity index (χ1) is 11.1. The number of halogens is 1. The predicted octanol–water partition coefficient (Wildman–Crippen LogP) is 3.49. The van der Waals surface area contributed by atoms with E-state index in [2.05, 4.69) is 20.3 Å². The van der Waals surface area contributed by atoms with Crippen molar-refractivity contribution >= 4 is 28.8 Å². The summed E-state index contributed by atoms with van der Waals surface area (Å²) in [5.74, 6) is 0.249. The molecule has 116 valence electrons. The van der Waals surface area contributed by atoms with Gasteiger partial charge in [0.05, 0.1) is 17.7 Å². The van der Waals surface area contributed by atoms with Crippen molar-refractivity contribution in [3.8, 4) is 11.4 Å². The van der Waals surface area contributed by atoms with E-state index in [-0.39, 0.29) is 5.91 Å². The lowest BCUT2D eigenvalue weighted by Gasteiger charge is -2.05. The normalized spacial score (nSPS) is 10.5. The first-order valence-electron chi connectivity index (χ1n) is 6.89. The van der Waals surface area contributed by atoms with Crippen LogP contribution in [0.2, 0.25) is 5.02 Å². The Bertz CT molecular complexity index is 832. The second kappa shape index (κ2) is 6.85. The Morgan fingerprint density at radius 3 is 2.70 bits per heavy atom. The molecule has 2 heterocycles. The number of hydrogen-bond donors (Lipinski definition) is 1. The fourth-order valence-corrected chi connectivity index (χ4v) is 2.81. The highest BCUT2D eigenvalue weighted by molar-refractivity contribution is 7.09. The minimum absolute atomic E-state index is 0.240. The third-order valence-corrected chi connectivity index (χ3v) is 4.43. The van der Waals surface area contributed by atoms with Gasteiger partial charge >= 0.3 is 0 Å². The maximum absolute atomic E-state index is 12.3. The zero-order valence-electron chi connectivity index (χ0n) is 12.3. The summed E-state index contributed by atoms with van der Waals surface area (Å²) in [6, 6.07) is 8.76. The highest BCUT2D eigenvalue weighted by atomic mass is 35.5. The number of rotatable bonds is 4. The molecular weight excluding hydrogens is 332 g/mol. The van der Waals surface area contributed by atoms with Gasteiger partial charge in [0.15, 0.2) is 5.82 Å². The van der Waals surface area contributed by atoms with Crippen LogP contribution in [-0.4, -0.2) is 20.9 Å². The number of thiazole rings is 1. The SMILES string of the molecule is Cc1ncsc1CNC(=O)c1ccnc(-c2ccc(Cl)cc2)n1. The summed E-state index contributed by atoms with van der Waals surface area (Å²) in [6.07, 6.45) is 1.57. The van der Waals surface area contributed by atoms with Crippen molar-refractivity contribution in [2.24, 2.45) is 0 Å². The van der Waals surface area contributed by atoms with Crippen LogP contribution in [0, 0.1) is 6.92 Å². The van der Waals surface area contributed by atoms with E-state index < -0.39 is 0 Å². The van der Waals surface area contributed by atoms with Crippen molar-refractivity contribution in [1.82, 2.24) is 20.3 Å². The van der Waals surface area contributed by atoms with Crippen LogP contribution in [-0.2, 0) is 6.54 Å². The van der Waals surface area contributed by atoms with Crippen molar-refractivity contribution in [3.05, 3.63) is 63.3 Å². The molecule has 0 radical (unpaired) electrons. The van der Waals surface area contributed by atoms with Crippen LogP contribution in [0.1, 0.15) is 21.1 Å². The standard InChI is InChI=1S/C16H13ClN4OS/c1-10-14(23-9-20-10)8-19-16(22)13-6-7-18-15(21-13)11-2-4-12(17)5-3-11/h2-7,9H,8H2,1H3,(H,19,22). The zero-order chi connectivity index (χ0) is 16.2. The lowest BCUT2D eigenvalue weighted by molar-refractivity contribution is 0.0946. The molecule has 0 aliphatic carbocycles. The molecule has 0 bridgehead atoms. The topological polar surface area (TPSA) is 67.8 Å². The number of nitrogens with one attached hydrogen (secondary N) is 1. The molecule has 5 nitrogen and oxygen atoms in total. The Labute approximate surface area is 142 Å². The third kappa shape index (κ3) is 3.72. The van der Waals surface area contributed by atoms with Crippen LogP contribution in [0.25, 0.3) is 11.4 Å². The van der Waals surface area contributed by atoms with Gasteiger partial charge in [0.2, 0.25) is 0 Å². The summed E-state index contributed by atoms with van der Waals surface area (Å²) >= 11 is 7.39. The van der Waals surface area contributed by atoms with Crippen LogP contribution in [0.4, 0.5) is 0 Å². The molecule has 0 spiro atoms. The molecule has 2 aromatic heterocycles. The number of amides is 1. The zero-order valence-corrected chi connectivity index (χ0v) is 13.9. The Balaban J connectivity index is 1.75. The largest absolute Gasteiger partial charge is 0.346 e. The van der Waals surface area contributed by atoms with Crippen LogP contribution in [0.15, 0.2) is 42.0 Å². The van der Waals surface area contributed by atoms with Crippen molar-refractivity contribution in [2.75, 3.05) is 0 Å². The molecule has 0 atom stereocenters. The number of carbonyl (C=O) groups is 1. The van der Waals surface area contributed by atoms with Gasteiger partial charge in [-0.1, -0.05) is 11.6 Å². The van der Waals surface area contributed by atoms with E-state index in [0.29, 0.717) is 23.1 Å². The summed E-state index contributed by atoms with van der Waals surface area (Å²) in [5.41, 5.74) is 3.83. The molecule has 0 saturated heterocycles. The average molecular weight is 345 g/mol. The number of aromatic nitrogens is 3. The number of benzene rings is 1. The maximum Gasteiger partial charge on any atom is 0.270 e. The van der Waals surface area contributed by atoms with E-state index in [0.717, 1.165) is 16.1 Å². The smallest absolute Gasteiger partial charge is 0.270 e. The number of nitrogens with zero attached hydrogens (tertiary/aromatic N) is 3. The molecule has 0 fully saturated rings. The van der Waals surface area contributed by atoms with Gasteiger partial charge < -0.3 is 5.32 Å². The van der Waals surface area contributed by atoms with Crippen molar-refractivity contribution < 1.29 is 4.79 Å². The van der Waals surface area contributed by atoms with Gasteiger partial charge in [0, 0.05) is 21.7 Å². The second-order valence-corrected chi connectivity index (χ2v) is 6.19. The van der Waals surface area contributed by atoms with Crippen LogP contribution < -0.4 is 5.32 Å². The Hall–Kier alpha value is -2.31. The van der Waals surface area contributed by atoms with Gasteiger partial charge in [-0.3, -0.25) is 4.79 Å². The van der Waals surface area contributed by atoms with Gasteiger partial charge in [0.1, 0.15) is 5.69 Å². The highest BCUT2D eigenvalue weighted by Crippen LogP contribution is 2.18. The molecule has 0 saturated carbocycles. The first kappa shape index (κ1) is 15.6. The van der Waals surface area contributed by atoms with Crippen LogP contribution >= 0.6 is 22.9 Å². The first-order valence-corrected chi connectivity index (χ1v) is 8.15. The summed E-state index contributed by atoms with van der Waals surface area (Å²) < 4.78 is 0. The lowest BCUT2D eigenvalue weighted by Crippen LogP contribution is -2.24. The molecule has 0 aliphatic rings. The Kier molecular flexibility index (Phi) is 4.64. The Morgan fingerprint density at radius 1 is 1.22 bits per heavy atom. The van der Waals surface area contributed by atoms with Crippen molar-refractivity contribution in [1.29, 1.82) is 0 Å². The number of carbonyl (C=O) groups excluding carboxylic acids is 1. The van der Waals surface area contributed by atoms with Crippen LogP contribution in [0.5, 0.6) is 0 Å². The lowest BCUT2D eigenvalue weighted by atomic mass is 10.2. The van der Waals surface area contributed by atoms with Gasteiger partial charge in [-0.25, -0.2) is 15.0 Å². The molecule has 1 N–H and O–H groups in total. The molecule has 7 heteroatoms. The average Bonchev–Trinajstić information content (AvgIpc) is 2.98. The highest BCUT2D eigenvalue weighted by Gasteiger charge is 2.11. The molecule has 3 aromatic rings.